The van der Waals surface area contributed by atoms with Gasteiger partial charge in [-0.25, -0.2) is 14.2 Å². The van der Waals surface area contributed by atoms with Gasteiger partial charge >= 0.3 is 6.09 Å². The third kappa shape index (κ3) is 5.01. The van der Waals surface area contributed by atoms with E-state index in [2.05, 4.69) is 15.6 Å². The number of amides is 4. The number of nitrogens with one attached hydrogen (secondary N) is 2. The van der Waals surface area contributed by atoms with Gasteiger partial charge in [-0.05, 0) is 54.9 Å². The maximum atomic E-state index is 15.3. The number of benzene rings is 2. The van der Waals surface area contributed by atoms with Crippen molar-refractivity contribution in [1.82, 2.24) is 19.8 Å². The van der Waals surface area contributed by atoms with Crippen LogP contribution in [-0.2, 0) is 29.5 Å². The Morgan fingerprint density at radius 3 is 2.54 bits per heavy atom. The fraction of sp³-hybridized carbons (Fsp3) is 0.250. The largest absolute Gasteiger partial charge is 0.480 e. The standard InChI is InChI=1S/C32H27FN6O7/c1-37-27(41)12-17(14-39-30(42)20-4-2-3-5-21(20)31(39)43)19-6-7-23(33)22(28(19)37)10-11-34-13-18-15-38(32(44)46-18)25-9-8-24-29(35-25)36-26(40)16-45-24/h2-9,12,18,34H,10-11,13-16H2,1H3,(H,35,36,40)/t18-/m0/s1. The molecule has 4 aromatic rings. The zero-order chi connectivity index (χ0) is 32.1. The van der Waals surface area contributed by atoms with Gasteiger partial charge in [-0.3, -0.25) is 29.0 Å². The van der Waals surface area contributed by atoms with Gasteiger partial charge in [-0.2, -0.15) is 0 Å². The maximum Gasteiger partial charge on any atom is 0.416 e. The van der Waals surface area contributed by atoms with E-state index in [0.717, 1.165) is 4.90 Å². The van der Waals surface area contributed by atoms with E-state index in [0.29, 0.717) is 51.3 Å². The lowest BCUT2D eigenvalue weighted by atomic mass is 10.0. The SMILES string of the molecule is Cn1c(=O)cc(CN2C(=O)c3ccccc3C2=O)c2ccc(F)c(CCNC[C@H]3CN(c4ccc5c(n4)NC(=O)CO5)C(=O)O3)c21. The molecule has 0 radical (unpaired) electrons. The van der Waals surface area contributed by atoms with E-state index in [1.807, 2.05) is 0 Å². The molecule has 0 spiro atoms. The molecule has 2 aromatic carbocycles. The third-order valence-corrected chi connectivity index (χ3v) is 8.28. The van der Waals surface area contributed by atoms with Crippen LogP contribution in [0.1, 0.15) is 31.8 Å². The topological polar surface area (TPSA) is 152 Å². The van der Waals surface area contributed by atoms with Crippen molar-refractivity contribution in [3.63, 3.8) is 0 Å². The Kier molecular flexibility index (Phi) is 7.20. The molecule has 4 amide bonds. The number of hydrogen-bond donors (Lipinski definition) is 2. The van der Waals surface area contributed by atoms with Crippen LogP contribution in [0.25, 0.3) is 10.9 Å². The summed E-state index contributed by atoms with van der Waals surface area (Å²) in [6.45, 7) is 0.517. The second kappa shape index (κ2) is 11.4. The second-order valence-corrected chi connectivity index (χ2v) is 11.2. The van der Waals surface area contributed by atoms with Crippen molar-refractivity contribution in [2.45, 2.75) is 19.1 Å². The first kappa shape index (κ1) is 29.1. The molecule has 1 atom stereocenters. The third-order valence-electron chi connectivity index (χ3n) is 8.28. The van der Waals surface area contributed by atoms with Gasteiger partial charge < -0.3 is 24.7 Å². The van der Waals surface area contributed by atoms with Crippen molar-refractivity contribution in [2.75, 3.05) is 36.5 Å². The van der Waals surface area contributed by atoms with E-state index in [1.54, 1.807) is 49.5 Å². The minimum atomic E-state index is -0.594. The molecule has 234 valence electrons. The summed E-state index contributed by atoms with van der Waals surface area (Å²) in [7, 11) is 1.55. The van der Waals surface area contributed by atoms with E-state index in [-0.39, 0.29) is 44.4 Å². The molecule has 2 N–H and O–H groups in total. The molecule has 5 heterocycles. The van der Waals surface area contributed by atoms with E-state index in [4.69, 9.17) is 9.47 Å². The number of anilines is 2. The van der Waals surface area contributed by atoms with E-state index < -0.39 is 35.4 Å². The van der Waals surface area contributed by atoms with Gasteiger partial charge in [0.15, 0.2) is 18.2 Å². The molecule has 46 heavy (non-hydrogen) atoms. The van der Waals surface area contributed by atoms with Crippen LogP contribution in [0, 0.1) is 5.82 Å². The van der Waals surface area contributed by atoms with Crippen molar-refractivity contribution in [2.24, 2.45) is 7.05 Å². The highest BCUT2D eigenvalue weighted by Gasteiger charge is 2.36. The van der Waals surface area contributed by atoms with Gasteiger partial charge in [-0.15, -0.1) is 0 Å². The van der Waals surface area contributed by atoms with Crippen LogP contribution in [0.3, 0.4) is 0 Å². The van der Waals surface area contributed by atoms with Gasteiger partial charge in [0.05, 0.1) is 29.7 Å². The lowest BCUT2D eigenvalue weighted by molar-refractivity contribution is -0.118. The molecule has 13 nitrogen and oxygen atoms in total. The number of carbonyl (C=O) groups excluding carboxylic acids is 4. The van der Waals surface area contributed by atoms with Gasteiger partial charge in [0.25, 0.3) is 23.3 Å². The zero-order valence-corrected chi connectivity index (χ0v) is 24.5. The van der Waals surface area contributed by atoms with Crippen LogP contribution < -0.4 is 25.8 Å². The molecule has 3 aliphatic heterocycles. The highest BCUT2D eigenvalue weighted by molar-refractivity contribution is 6.21. The summed E-state index contributed by atoms with van der Waals surface area (Å²) in [5.74, 6) is -0.817. The molecule has 1 fully saturated rings. The Balaban J connectivity index is 1.04. The second-order valence-electron chi connectivity index (χ2n) is 11.2. The summed E-state index contributed by atoms with van der Waals surface area (Å²) in [6.07, 6.45) is -0.921. The summed E-state index contributed by atoms with van der Waals surface area (Å²) in [6, 6.07) is 14.0. The summed E-state index contributed by atoms with van der Waals surface area (Å²) < 4.78 is 27.4. The molecular weight excluding hydrogens is 599 g/mol. The number of aryl methyl sites for hydroxylation is 1. The highest BCUT2D eigenvalue weighted by Crippen LogP contribution is 2.31. The molecule has 0 unspecified atom stereocenters. The summed E-state index contributed by atoms with van der Waals surface area (Å²) >= 11 is 0. The van der Waals surface area contributed by atoms with E-state index in [9.17, 15) is 24.0 Å². The van der Waals surface area contributed by atoms with Gasteiger partial charge in [0, 0.05) is 30.6 Å². The average Bonchev–Trinajstić information content (AvgIpc) is 3.54. The van der Waals surface area contributed by atoms with E-state index in [1.165, 1.54) is 21.6 Å². The minimum Gasteiger partial charge on any atom is -0.480 e. The number of imide groups is 1. The molecule has 0 aliphatic carbocycles. The number of cyclic esters (lactones) is 1. The molecule has 0 saturated carbocycles. The van der Waals surface area contributed by atoms with Crippen LogP contribution >= 0.6 is 0 Å². The number of ether oxygens (including phenoxy) is 2. The maximum absolute atomic E-state index is 15.3. The molecule has 7 rings (SSSR count). The van der Waals surface area contributed by atoms with Crippen LogP contribution in [0.2, 0.25) is 0 Å². The zero-order valence-electron chi connectivity index (χ0n) is 24.5. The first-order chi connectivity index (χ1) is 22.2. The Morgan fingerprint density at radius 1 is 1.02 bits per heavy atom. The van der Waals surface area contributed by atoms with E-state index >= 15 is 4.39 Å². The summed E-state index contributed by atoms with van der Waals surface area (Å²) in [5.41, 5.74) is 1.30. The van der Waals surface area contributed by atoms with Crippen LogP contribution in [0.15, 0.2) is 59.4 Å². The summed E-state index contributed by atoms with van der Waals surface area (Å²) in [4.78, 5) is 70.0. The number of carbonyl (C=O) groups is 4. The van der Waals surface area contributed by atoms with Crippen molar-refractivity contribution in [1.29, 1.82) is 0 Å². The predicted molar refractivity (Wildman–Crippen MR) is 162 cm³/mol. The highest BCUT2D eigenvalue weighted by atomic mass is 19.1. The number of nitrogens with zero attached hydrogens (tertiary/aromatic N) is 4. The van der Waals surface area contributed by atoms with Crippen LogP contribution in [-0.4, -0.2) is 70.6 Å². The Morgan fingerprint density at radius 2 is 1.78 bits per heavy atom. The summed E-state index contributed by atoms with van der Waals surface area (Å²) in [5, 5.41) is 6.35. The molecule has 3 aliphatic rings. The minimum absolute atomic E-state index is 0.108. The predicted octanol–water partition coefficient (Wildman–Crippen LogP) is 2.36. The van der Waals surface area contributed by atoms with Crippen molar-refractivity contribution in [3.05, 3.63) is 93.0 Å². The van der Waals surface area contributed by atoms with Gasteiger partial charge in [-0.1, -0.05) is 12.1 Å². The average molecular weight is 627 g/mol. The number of fused-ring (bicyclic) bond motifs is 3. The number of hydrogen-bond acceptors (Lipinski definition) is 9. The van der Waals surface area contributed by atoms with Gasteiger partial charge in [0.1, 0.15) is 17.7 Å². The monoisotopic (exact) mass is 626 g/mol. The van der Waals surface area contributed by atoms with Crippen molar-refractivity contribution >= 4 is 46.4 Å². The Bertz CT molecular complexity index is 1990. The lowest BCUT2D eigenvalue weighted by Crippen LogP contribution is -2.33. The van der Waals surface area contributed by atoms with Crippen molar-refractivity contribution in [3.8, 4) is 5.75 Å². The first-order valence-electron chi connectivity index (χ1n) is 14.6. The lowest BCUT2D eigenvalue weighted by Gasteiger charge is -2.19. The quantitative estimate of drug-likeness (QED) is 0.222. The normalized spacial score (nSPS) is 17.2. The smallest absolute Gasteiger partial charge is 0.416 e. The molecule has 14 heteroatoms. The number of pyridine rings is 2. The fourth-order valence-corrected chi connectivity index (χ4v) is 6.00. The number of aromatic nitrogens is 2. The van der Waals surface area contributed by atoms with Crippen molar-refractivity contribution < 1.29 is 33.0 Å². The Labute approximate surface area is 260 Å². The Hall–Kier alpha value is -5.63. The molecule has 1 saturated heterocycles. The first-order valence-corrected chi connectivity index (χ1v) is 14.6. The van der Waals surface area contributed by atoms with Gasteiger partial charge in [0.2, 0.25) is 0 Å². The molecular formula is C32H27FN6O7. The molecule has 2 aromatic heterocycles. The fourth-order valence-electron chi connectivity index (χ4n) is 6.00. The van der Waals surface area contributed by atoms with Crippen LogP contribution in [0.4, 0.5) is 20.8 Å². The molecule has 0 bridgehead atoms. The van der Waals surface area contributed by atoms with Crippen LogP contribution in [0.5, 0.6) is 5.75 Å². The number of rotatable bonds is 8. The number of halogens is 1.